The Kier molecular flexibility index (Phi) is 3.30. The van der Waals surface area contributed by atoms with Crippen molar-refractivity contribution in [1.29, 1.82) is 0 Å². The van der Waals surface area contributed by atoms with Crippen LogP contribution in [0.15, 0.2) is 24.3 Å². The molecule has 0 N–H and O–H groups in total. The number of fused-ring (bicyclic) bond motifs is 1. The molecule has 1 unspecified atom stereocenters. The van der Waals surface area contributed by atoms with E-state index in [9.17, 15) is 0 Å². The van der Waals surface area contributed by atoms with Crippen molar-refractivity contribution >= 4 is 15.9 Å². The van der Waals surface area contributed by atoms with Crippen LogP contribution in [0.5, 0.6) is 11.5 Å². The zero-order valence-electron chi connectivity index (χ0n) is 7.91. The van der Waals surface area contributed by atoms with Gasteiger partial charge in [-0.2, -0.15) is 0 Å². The molecule has 1 heterocycles. The molecule has 14 heavy (non-hydrogen) atoms. The molecule has 1 aromatic carbocycles. The molecule has 2 rings (SSSR count). The molecular formula is C11H13BrO2. The standard InChI is InChI=1S/C11H13BrO2/c12-7-3-4-9-8-13-10-5-1-2-6-11(10)14-9/h1-2,5-6,9H,3-4,7-8H2. The number of ether oxygens (including phenoxy) is 2. The first-order chi connectivity index (χ1) is 6.90. The van der Waals surface area contributed by atoms with E-state index < -0.39 is 0 Å². The minimum absolute atomic E-state index is 0.211. The first-order valence-corrected chi connectivity index (χ1v) is 5.97. The lowest BCUT2D eigenvalue weighted by Gasteiger charge is -2.26. The summed E-state index contributed by atoms with van der Waals surface area (Å²) in [5.74, 6) is 1.74. The van der Waals surface area contributed by atoms with Gasteiger partial charge in [0.05, 0.1) is 0 Å². The summed E-state index contributed by atoms with van der Waals surface area (Å²) in [7, 11) is 0. The van der Waals surface area contributed by atoms with Gasteiger partial charge in [0, 0.05) is 5.33 Å². The Bertz CT molecular complexity index is 301. The van der Waals surface area contributed by atoms with Gasteiger partial charge in [-0.05, 0) is 25.0 Å². The molecule has 0 saturated carbocycles. The number of para-hydroxylation sites is 2. The van der Waals surface area contributed by atoms with Crippen molar-refractivity contribution in [1.82, 2.24) is 0 Å². The van der Waals surface area contributed by atoms with Crippen molar-refractivity contribution in [2.75, 3.05) is 11.9 Å². The Morgan fingerprint density at radius 2 is 2.07 bits per heavy atom. The van der Waals surface area contributed by atoms with Crippen LogP contribution in [0.1, 0.15) is 12.8 Å². The van der Waals surface area contributed by atoms with E-state index in [2.05, 4.69) is 15.9 Å². The molecule has 0 aliphatic carbocycles. The Hall–Kier alpha value is -0.700. The minimum Gasteiger partial charge on any atom is -0.486 e. The summed E-state index contributed by atoms with van der Waals surface area (Å²) >= 11 is 3.41. The number of halogens is 1. The van der Waals surface area contributed by atoms with E-state index in [1.807, 2.05) is 24.3 Å². The summed E-state index contributed by atoms with van der Waals surface area (Å²) in [6.45, 7) is 0.671. The lowest BCUT2D eigenvalue weighted by Crippen LogP contribution is -2.28. The van der Waals surface area contributed by atoms with Crippen LogP contribution in [-0.4, -0.2) is 18.0 Å². The third kappa shape index (κ3) is 2.21. The Labute approximate surface area is 92.3 Å². The van der Waals surface area contributed by atoms with Crippen LogP contribution in [0.3, 0.4) is 0 Å². The Balaban J connectivity index is 1.99. The summed E-state index contributed by atoms with van der Waals surface area (Å²) in [5, 5.41) is 1.02. The van der Waals surface area contributed by atoms with Gasteiger partial charge < -0.3 is 9.47 Å². The van der Waals surface area contributed by atoms with Gasteiger partial charge in [-0.25, -0.2) is 0 Å². The molecule has 1 aliphatic rings. The highest BCUT2D eigenvalue weighted by Crippen LogP contribution is 2.31. The fraction of sp³-hybridized carbons (Fsp3) is 0.455. The second kappa shape index (κ2) is 4.69. The van der Waals surface area contributed by atoms with Gasteiger partial charge in [0.15, 0.2) is 11.5 Å². The van der Waals surface area contributed by atoms with E-state index in [1.165, 1.54) is 0 Å². The summed E-state index contributed by atoms with van der Waals surface area (Å²) < 4.78 is 11.4. The van der Waals surface area contributed by atoms with E-state index in [1.54, 1.807) is 0 Å². The third-order valence-corrected chi connectivity index (χ3v) is 2.79. The second-order valence-electron chi connectivity index (χ2n) is 3.33. The smallest absolute Gasteiger partial charge is 0.161 e. The molecule has 0 aromatic heterocycles. The highest BCUT2D eigenvalue weighted by Gasteiger charge is 2.19. The molecule has 1 aliphatic heterocycles. The molecule has 76 valence electrons. The largest absolute Gasteiger partial charge is 0.486 e. The number of hydrogen-bond donors (Lipinski definition) is 0. The van der Waals surface area contributed by atoms with Crippen molar-refractivity contribution < 1.29 is 9.47 Å². The summed E-state index contributed by atoms with van der Waals surface area (Å²) in [6.07, 6.45) is 2.37. The fourth-order valence-corrected chi connectivity index (χ4v) is 1.83. The van der Waals surface area contributed by atoms with Crippen LogP contribution in [0.4, 0.5) is 0 Å². The SMILES string of the molecule is BrCCCC1COc2ccccc2O1. The quantitative estimate of drug-likeness (QED) is 0.775. The zero-order valence-corrected chi connectivity index (χ0v) is 9.50. The van der Waals surface area contributed by atoms with E-state index >= 15 is 0 Å². The minimum atomic E-state index is 0.211. The molecule has 3 heteroatoms. The molecule has 1 atom stereocenters. The average Bonchev–Trinajstić information content (AvgIpc) is 2.26. The topological polar surface area (TPSA) is 18.5 Å². The van der Waals surface area contributed by atoms with E-state index in [-0.39, 0.29) is 6.10 Å². The van der Waals surface area contributed by atoms with Crippen molar-refractivity contribution in [2.24, 2.45) is 0 Å². The third-order valence-electron chi connectivity index (χ3n) is 2.23. The molecule has 1 aromatic rings. The highest BCUT2D eigenvalue weighted by atomic mass is 79.9. The molecule has 0 fully saturated rings. The van der Waals surface area contributed by atoms with Crippen molar-refractivity contribution in [3.8, 4) is 11.5 Å². The van der Waals surface area contributed by atoms with Crippen molar-refractivity contribution in [3.63, 3.8) is 0 Å². The number of hydrogen-bond acceptors (Lipinski definition) is 2. The molecule has 2 nitrogen and oxygen atoms in total. The van der Waals surface area contributed by atoms with E-state index in [0.717, 1.165) is 29.7 Å². The first kappa shape index (κ1) is 9.84. The van der Waals surface area contributed by atoms with Crippen LogP contribution in [-0.2, 0) is 0 Å². The zero-order chi connectivity index (χ0) is 9.80. The monoisotopic (exact) mass is 256 g/mol. The predicted molar refractivity (Wildman–Crippen MR) is 59.4 cm³/mol. The first-order valence-electron chi connectivity index (χ1n) is 4.84. The maximum atomic E-state index is 5.79. The van der Waals surface area contributed by atoms with E-state index in [0.29, 0.717) is 6.61 Å². The summed E-state index contributed by atoms with van der Waals surface area (Å²) in [4.78, 5) is 0. The molecule has 0 spiro atoms. The predicted octanol–water partition coefficient (Wildman–Crippen LogP) is 3.00. The van der Waals surface area contributed by atoms with Gasteiger partial charge in [0.2, 0.25) is 0 Å². The molecular weight excluding hydrogens is 244 g/mol. The summed E-state index contributed by atoms with van der Waals surface area (Å²) in [6, 6.07) is 7.82. The Morgan fingerprint density at radius 1 is 1.29 bits per heavy atom. The maximum absolute atomic E-state index is 5.79. The second-order valence-corrected chi connectivity index (χ2v) is 4.12. The van der Waals surface area contributed by atoms with Gasteiger partial charge in [-0.15, -0.1) is 0 Å². The van der Waals surface area contributed by atoms with Crippen LogP contribution in [0, 0.1) is 0 Å². The summed E-state index contributed by atoms with van der Waals surface area (Å²) in [5.41, 5.74) is 0. The normalized spacial score (nSPS) is 19.4. The van der Waals surface area contributed by atoms with Crippen LogP contribution < -0.4 is 9.47 Å². The maximum Gasteiger partial charge on any atom is 0.161 e. The highest BCUT2D eigenvalue weighted by molar-refractivity contribution is 9.09. The van der Waals surface area contributed by atoms with Crippen LogP contribution >= 0.6 is 15.9 Å². The van der Waals surface area contributed by atoms with Gasteiger partial charge in [0.25, 0.3) is 0 Å². The molecule has 0 radical (unpaired) electrons. The number of benzene rings is 1. The molecule has 0 saturated heterocycles. The molecule has 0 amide bonds. The van der Waals surface area contributed by atoms with Gasteiger partial charge >= 0.3 is 0 Å². The van der Waals surface area contributed by atoms with Gasteiger partial charge in [0.1, 0.15) is 12.7 Å². The fourth-order valence-electron chi connectivity index (χ4n) is 1.51. The average molecular weight is 257 g/mol. The molecule has 0 bridgehead atoms. The number of rotatable bonds is 3. The van der Waals surface area contributed by atoms with Crippen LogP contribution in [0.2, 0.25) is 0 Å². The Morgan fingerprint density at radius 3 is 2.86 bits per heavy atom. The number of alkyl halides is 1. The van der Waals surface area contributed by atoms with Crippen LogP contribution in [0.25, 0.3) is 0 Å². The van der Waals surface area contributed by atoms with Crippen molar-refractivity contribution in [2.45, 2.75) is 18.9 Å². The van der Waals surface area contributed by atoms with Gasteiger partial charge in [-0.3, -0.25) is 0 Å². The lowest BCUT2D eigenvalue weighted by molar-refractivity contribution is 0.0846. The van der Waals surface area contributed by atoms with E-state index in [4.69, 9.17) is 9.47 Å². The lowest BCUT2D eigenvalue weighted by atomic mass is 10.2. The van der Waals surface area contributed by atoms with Gasteiger partial charge in [-0.1, -0.05) is 28.1 Å². The van der Waals surface area contributed by atoms with Crippen molar-refractivity contribution in [3.05, 3.63) is 24.3 Å².